The van der Waals surface area contributed by atoms with E-state index in [9.17, 15) is 14.9 Å². The Morgan fingerprint density at radius 2 is 1.71 bits per heavy atom. The molecule has 2 aromatic carbocycles. The number of likely N-dealkylation sites (N-methyl/N-ethyl adjacent to an activating group) is 1. The number of benzene rings is 2. The zero-order valence-electron chi connectivity index (χ0n) is 15.9. The molecule has 2 aromatic rings. The van der Waals surface area contributed by atoms with Crippen molar-refractivity contribution in [2.24, 2.45) is 0 Å². The number of ketones is 1. The SMILES string of the molecule is CN1CCN(c2ccc3c(c2)CC/C(=C\c2ccc([N+](=O)[O-])cc2)C3=O)CC1. The largest absolute Gasteiger partial charge is 0.369 e. The van der Waals surface area contributed by atoms with Crippen LogP contribution in [0.3, 0.4) is 0 Å². The van der Waals surface area contributed by atoms with E-state index >= 15 is 0 Å². The van der Waals surface area contributed by atoms with Gasteiger partial charge in [-0.3, -0.25) is 14.9 Å². The second-order valence-electron chi connectivity index (χ2n) is 7.48. The van der Waals surface area contributed by atoms with Crippen LogP contribution in [-0.2, 0) is 6.42 Å². The number of carbonyl (C=O) groups excluding carboxylic acids is 1. The molecule has 1 fully saturated rings. The third-order valence-electron chi connectivity index (χ3n) is 5.60. The highest BCUT2D eigenvalue weighted by Gasteiger charge is 2.23. The predicted octanol–water partition coefficient (Wildman–Crippen LogP) is 3.56. The number of hydrogen-bond acceptors (Lipinski definition) is 5. The molecule has 0 aromatic heterocycles. The predicted molar refractivity (Wildman–Crippen MR) is 110 cm³/mol. The van der Waals surface area contributed by atoms with Gasteiger partial charge in [-0.25, -0.2) is 0 Å². The molecule has 144 valence electrons. The van der Waals surface area contributed by atoms with E-state index in [0.29, 0.717) is 6.42 Å². The second kappa shape index (κ2) is 7.56. The number of piperazine rings is 1. The fourth-order valence-corrected chi connectivity index (χ4v) is 3.86. The molecule has 0 N–H and O–H groups in total. The number of fused-ring (bicyclic) bond motifs is 1. The minimum absolute atomic E-state index is 0.0545. The van der Waals surface area contributed by atoms with E-state index in [4.69, 9.17) is 0 Å². The molecule has 1 aliphatic carbocycles. The fraction of sp³-hybridized carbons (Fsp3) is 0.318. The first-order chi connectivity index (χ1) is 13.5. The number of carbonyl (C=O) groups is 1. The monoisotopic (exact) mass is 377 g/mol. The third kappa shape index (κ3) is 3.68. The zero-order chi connectivity index (χ0) is 19.7. The van der Waals surface area contributed by atoms with Crippen LogP contribution in [0.25, 0.3) is 6.08 Å². The Labute approximate surface area is 164 Å². The van der Waals surface area contributed by atoms with Crippen molar-refractivity contribution in [2.45, 2.75) is 12.8 Å². The van der Waals surface area contributed by atoms with E-state index in [1.165, 1.54) is 17.8 Å². The first kappa shape index (κ1) is 18.4. The average Bonchev–Trinajstić information content (AvgIpc) is 2.71. The topological polar surface area (TPSA) is 66.7 Å². The highest BCUT2D eigenvalue weighted by atomic mass is 16.6. The molecule has 0 amide bonds. The van der Waals surface area contributed by atoms with Crippen LogP contribution in [0, 0.1) is 10.1 Å². The summed E-state index contributed by atoms with van der Waals surface area (Å²) in [6.07, 6.45) is 3.37. The van der Waals surface area contributed by atoms with E-state index in [1.807, 2.05) is 12.1 Å². The quantitative estimate of drug-likeness (QED) is 0.465. The number of anilines is 1. The van der Waals surface area contributed by atoms with Crippen molar-refractivity contribution < 1.29 is 9.72 Å². The molecule has 0 saturated carbocycles. The Morgan fingerprint density at radius 3 is 2.39 bits per heavy atom. The third-order valence-corrected chi connectivity index (χ3v) is 5.60. The van der Waals surface area contributed by atoms with Crippen LogP contribution in [-0.4, -0.2) is 48.8 Å². The fourth-order valence-electron chi connectivity index (χ4n) is 3.86. The molecule has 1 heterocycles. The summed E-state index contributed by atoms with van der Waals surface area (Å²) >= 11 is 0. The van der Waals surface area contributed by atoms with Crippen LogP contribution in [0.1, 0.15) is 27.9 Å². The number of Topliss-reactive ketones (excluding diaryl/α,β-unsaturated/α-hetero) is 1. The molecular formula is C22H23N3O3. The number of allylic oxidation sites excluding steroid dienone is 1. The number of nitro benzene ring substituents is 1. The molecule has 0 unspecified atom stereocenters. The van der Waals surface area contributed by atoms with Gasteiger partial charge in [0.15, 0.2) is 5.78 Å². The maximum atomic E-state index is 12.9. The molecule has 28 heavy (non-hydrogen) atoms. The van der Waals surface area contributed by atoms with Gasteiger partial charge in [0.25, 0.3) is 5.69 Å². The van der Waals surface area contributed by atoms with Crippen LogP contribution in [0.15, 0.2) is 48.0 Å². The molecule has 1 aliphatic heterocycles. The lowest BCUT2D eigenvalue weighted by Crippen LogP contribution is -2.44. The van der Waals surface area contributed by atoms with Gasteiger partial charge in [0.2, 0.25) is 0 Å². The standard InChI is InChI=1S/C22H23N3O3/c1-23-10-12-24(13-11-23)20-8-9-21-17(15-20)4-5-18(22(21)26)14-16-2-6-19(7-3-16)25(27)28/h2-3,6-9,14-15H,4-5,10-13H2,1H3/b18-14+. The van der Waals surface area contributed by atoms with Gasteiger partial charge in [0.05, 0.1) is 4.92 Å². The van der Waals surface area contributed by atoms with Crippen molar-refractivity contribution >= 4 is 23.2 Å². The Bertz CT molecular complexity index is 942. The summed E-state index contributed by atoms with van der Waals surface area (Å²) < 4.78 is 0. The first-order valence-electron chi connectivity index (χ1n) is 9.57. The minimum atomic E-state index is -0.420. The molecule has 6 heteroatoms. The summed E-state index contributed by atoms with van der Waals surface area (Å²) in [6.45, 7) is 4.12. The van der Waals surface area contributed by atoms with E-state index < -0.39 is 4.92 Å². The maximum Gasteiger partial charge on any atom is 0.269 e. The van der Waals surface area contributed by atoms with Crippen LogP contribution in [0.4, 0.5) is 11.4 Å². The summed E-state index contributed by atoms with van der Waals surface area (Å²) in [7, 11) is 2.14. The van der Waals surface area contributed by atoms with E-state index in [-0.39, 0.29) is 11.5 Å². The van der Waals surface area contributed by atoms with E-state index in [2.05, 4.69) is 29.0 Å². The first-order valence-corrected chi connectivity index (χ1v) is 9.57. The van der Waals surface area contributed by atoms with Crippen LogP contribution in [0.5, 0.6) is 0 Å². The lowest BCUT2D eigenvalue weighted by molar-refractivity contribution is -0.384. The van der Waals surface area contributed by atoms with Gasteiger partial charge >= 0.3 is 0 Å². The molecule has 0 bridgehead atoms. The lowest BCUT2D eigenvalue weighted by atomic mass is 9.85. The molecule has 2 aliphatic rings. The molecule has 6 nitrogen and oxygen atoms in total. The number of aryl methyl sites for hydroxylation is 1. The summed E-state index contributed by atoms with van der Waals surface area (Å²) in [6, 6.07) is 12.5. The maximum absolute atomic E-state index is 12.9. The average molecular weight is 377 g/mol. The summed E-state index contributed by atoms with van der Waals surface area (Å²) in [5.74, 6) is 0.0598. The normalized spacial score (nSPS) is 19.0. The Kier molecular flexibility index (Phi) is 4.96. The number of hydrogen-bond donors (Lipinski definition) is 0. The lowest BCUT2D eigenvalue weighted by Gasteiger charge is -2.34. The molecular weight excluding hydrogens is 354 g/mol. The molecule has 0 atom stereocenters. The second-order valence-corrected chi connectivity index (χ2v) is 7.48. The summed E-state index contributed by atoms with van der Waals surface area (Å²) in [5, 5.41) is 10.8. The summed E-state index contributed by atoms with van der Waals surface area (Å²) in [4.78, 5) is 28.0. The van der Waals surface area contributed by atoms with Crippen LogP contribution >= 0.6 is 0 Å². The van der Waals surface area contributed by atoms with Gasteiger partial charge in [-0.1, -0.05) is 0 Å². The molecule has 1 saturated heterocycles. The van der Waals surface area contributed by atoms with E-state index in [0.717, 1.165) is 54.9 Å². The highest BCUT2D eigenvalue weighted by Crippen LogP contribution is 2.30. The zero-order valence-corrected chi connectivity index (χ0v) is 15.9. The molecule has 0 spiro atoms. The minimum Gasteiger partial charge on any atom is -0.369 e. The van der Waals surface area contributed by atoms with Crippen molar-refractivity contribution in [1.82, 2.24) is 4.90 Å². The van der Waals surface area contributed by atoms with Gasteiger partial charge < -0.3 is 9.80 Å². The van der Waals surface area contributed by atoms with E-state index in [1.54, 1.807) is 12.1 Å². The Balaban J connectivity index is 1.54. The Morgan fingerprint density at radius 1 is 1.00 bits per heavy atom. The number of non-ortho nitro benzene ring substituents is 1. The van der Waals surface area contributed by atoms with Crippen LogP contribution < -0.4 is 4.90 Å². The van der Waals surface area contributed by atoms with Gasteiger partial charge in [-0.15, -0.1) is 0 Å². The van der Waals surface area contributed by atoms with Crippen molar-refractivity contribution in [3.63, 3.8) is 0 Å². The molecule has 0 radical (unpaired) electrons. The van der Waals surface area contributed by atoms with Gasteiger partial charge in [-0.2, -0.15) is 0 Å². The number of nitrogens with zero attached hydrogens (tertiary/aromatic N) is 3. The van der Waals surface area contributed by atoms with Crippen LogP contribution in [0.2, 0.25) is 0 Å². The van der Waals surface area contributed by atoms with Crippen molar-refractivity contribution in [2.75, 3.05) is 38.1 Å². The molecule has 4 rings (SSSR count). The van der Waals surface area contributed by atoms with Crippen molar-refractivity contribution in [1.29, 1.82) is 0 Å². The highest BCUT2D eigenvalue weighted by molar-refractivity contribution is 6.13. The Hall–Kier alpha value is -2.99. The smallest absolute Gasteiger partial charge is 0.269 e. The van der Waals surface area contributed by atoms with Gasteiger partial charge in [-0.05, 0) is 67.4 Å². The van der Waals surface area contributed by atoms with Crippen molar-refractivity contribution in [3.05, 3.63) is 74.8 Å². The van der Waals surface area contributed by atoms with Gasteiger partial charge in [0.1, 0.15) is 0 Å². The summed E-state index contributed by atoms with van der Waals surface area (Å²) in [5.41, 5.74) is 4.71. The van der Waals surface area contributed by atoms with Crippen molar-refractivity contribution in [3.8, 4) is 0 Å². The van der Waals surface area contributed by atoms with Gasteiger partial charge in [0, 0.05) is 55.1 Å². The number of rotatable bonds is 3. The number of nitro groups is 1.